The lowest BCUT2D eigenvalue weighted by Gasteiger charge is -1.94. The van der Waals surface area contributed by atoms with Crippen LogP contribution in [0.5, 0.6) is 0 Å². The van der Waals surface area contributed by atoms with Gasteiger partial charge in [-0.2, -0.15) is 0 Å². The van der Waals surface area contributed by atoms with Crippen molar-refractivity contribution in [3.8, 4) is 0 Å². The molecule has 0 atom stereocenters. The van der Waals surface area contributed by atoms with Crippen molar-refractivity contribution in [2.45, 2.75) is 0 Å². The molecular weight excluding hydrogens is 272 g/mol. The van der Waals surface area contributed by atoms with Crippen LogP contribution in [0.1, 0.15) is 20.7 Å². The van der Waals surface area contributed by atoms with E-state index in [-0.39, 0.29) is 11.1 Å². The molecule has 8 heteroatoms. The van der Waals surface area contributed by atoms with E-state index in [0.717, 1.165) is 0 Å². The minimum absolute atomic E-state index is 0.0833. The van der Waals surface area contributed by atoms with E-state index in [4.69, 9.17) is 20.4 Å². The van der Waals surface area contributed by atoms with E-state index in [1.807, 2.05) is 0 Å². The topological polar surface area (TPSA) is 149 Å². The molecule has 0 spiro atoms. The smallest absolute Gasteiger partial charge is 0.335 e. The number of carbonyl (C=O) groups is 4. The summed E-state index contributed by atoms with van der Waals surface area (Å²) in [5.41, 5.74) is 0.167. The maximum atomic E-state index is 10.3. The van der Waals surface area contributed by atoms with E-state index in [1.54, 1.807) is 0 Å². The minimum Gasteiger partial charge on any atom is -0.478 e. The fraction of sp³-hybridized carbons (Fsp3) is 0. The van der Waals surface area contributed by atoms with Gasteiger partial charge in [-0.25, -0.2) is 19.2 Å². The number of carboxylic acid groups (broad SMARTS) is 4. The number of benzene rings is 1. The Hall–Kier alpha value is -3.16. The highest BCUT2D eigenvalue weighted by molar-refractivity contribution is 5.91. The molecule has 0 heterocycles. The zero-order valence-corrected chi connectivity index (χ0v) is 9.89. The molecule has 0 aromatic heterocycles. The van der Waals surface area contributed by atoms with Gasteiger partial charge < -0.3 is 20.4 Å². The van der Waals surface area contributed by atoms with Gasteiger partial charge in [0.05, 0.1) is 11.1 Å². The van der Waals surface area contributed by atoms with Gasteiger partial charge in [0.25, 0.3) is 0 Å². The van der Waals surface area contributed by atoms with Crippen molar-refractivity contribution in [1.82, 2.24) is 0 Å². The molecule has 106 valence electrons. The Kier molecular flexibility index (Phi) is 6.76. The SMILES string of the molecule is O=C(O)/C=C\C(=O)O.O=C(O)c1ccc(C(=O)O)cc1. The maximum absolute atomic E-state index is 10.3. The summed E-state index contributed by atoms with van der Waals surface area (Å²) in [5.74, 6) is -4.64. The average molecular weight is 282 g/mol. The van der Waals surface area contributed by atoms with E-state index in [9.17, 15) is 19.2 Å². The molecule has 0 radical (unpaired) electrons. The lowest BCUT2D eigenvalue weighted by molar-refractivity contribution is -0.134. The molecule has 0 amide bonds. The standard InChI is InChI=1S/C8H6O4.C4H4O4/c9-7(10)5-1-2-6(4-3-5)8(11)12;5-3(6)1-2-4(7)8/h1-4H,(H,9,10)(H,11,12);1-2H,(H,5,6)(H,7,8)/b;2-1-. The van der Waals surface area contributed by atoms with E-state index in [1.165, 1.54) is 24.3 Å². The van der Waals surface area contributed by atoms with Crippen molar-refractivity contribution in [3.63, 3.8) is 0 Å². The first kappa shape index (κ1) is 16.8. The Morgan fingerprint density at radius 3 is 1.05 bits per heavy atom. The first-order valence-corrected chi connectivity index (χ1v) is 4.94. The normalized spacial score (nSPS) is 9.40. The molecule has 1 aromatic rings. The molecule has 0 unspecified atom stereocenters. The van der Waals surface area contributed by atoms with Crippen molar-refractivity contribution in [1.29, 1.82) is 0 Å². The van der Waals surface area contributed by atoms with Crippen LogP contribution in [-0.4, -0.2) is 44.3 Å². The van der Waals surface area contributed by atoms with Gasteiger partial charge in [0, 0.05) is 12.2 Å². The Bertz CT molecular complexity index is 492. The van der Waals surface area contributed by atoms with Crippen LogP contribution in [0.4, 0.5) is 0 Å². The summed E-state index contributed by atoms with van der Waals surface area (Å²) in [6.07, 6.45) is 1.12. The van der Waals surface area contributed by atoms with Gasteiger partial charge in [-0.15, -0.1) is 0 Å². The van der Waals surface area contributed by atoms with Crippen LogP contribution in [0, 0.1) is 0 Å². The predicted molar refractivity (Wildman–Crippen MR) is 64.8 cm³/mol. The Balaban J connectivity index is 0.000000396. The van der Waals surface area contributed by atoms with Gasteiger partial charge in [0.15, 0.2) is 0 Å². The van der Waals surface area contributed by atoms with E-state index in [0.29, 0.717) is 12.2 Å². The lowest BCUT2D eigenvalue weighted by atomic mass is 10.1. The summed E-state index contributed by atoms with van der Waals surface area (Å²) in [5, 5.41) is 32.6. The zero-order valence-electron chi connectivity index (χ0n) is 9.89. The predicted octanol–water partition coefficient (Wildman–Crippen LogP) is 0.795. The molecule has 0 bridgehead atoms. The molecule has 1 rings (SSSR count). The first-order valence-electron chi connectivity index (χ1n) is 4.94. The van der Waals surface area contributed by atoms with Crippen LogP contribution >= 0.6 is 0 Å². The third-order valence-corrected chi connectivity index (χ3v) is 1.75. The van der Waals surface area contributed by atoms with Crippen LogP contribution in [-0.2, 0) is 9.59 Å². The van der Waals surface area contributed by atoms with Crippen LogP contribution in [0.2, 0.25) is 0 Å². The Morgan fingerprint density at radius 2 is 0.900 bits per heavy atom. The quantitative estimate of drug-likeness (QED) is 0.592. The molecule has 20 heavy (non-hydrogen) atoms. The molecule has 1 aromatic carbocycles. The molecule has 0 saturated carbocycles. The molecule has 4 N–H and O–H groups in total. The summed E-state index contributed by atoms with van der Waals surface area (Å²) >= 11 is 0. The second kappa shape index (κ2) is 8.03. The van der Waals surface area contributed by atoms with Crippen LogP contribution < -0.4 is 0 Å². The molecule has 0 fully saturated rings. The van der Waals surface area contributed by atoms with Crippen molar-refractivity contribution < 1.29 is 39.6 Å². The summed E-state index contributed by atoms with van der Waals surface area (Å²) in [6.45, 7) is 0. The Labute approximate surface area is 112 Å². The zero-order chi connectivity index (χ0) is 15.7. The summed E-state index contributed by atoms with van der Waals surface area (Å²) in [4.78, 5) is 39.8. The lowest BCUT2D eigenvalue weighted by Crippen LogP contribution is -1.99. The van der Waals surface area contributed by atoms with Crippen molar-refractivity contribution >= 4 is 23.9 Å². The number of carboxylic acids is 4. The largest absolute Gasteiger partial charge is 0.478 e. The van der Waals surface area contributed by atoms with E-state index < -0.39 is 23.9 Å². The molecule has 8 nitrogen and oxygen atoms in total. The summed E-state index contributed by atoms with van der Waals surface area (Å²) < 4.78 is 0. The van der Waals surface area contributed by atoms with Crippen molar-refractivity contribution in [2.24, 2.45) is 0 Å². The second-order valence-electron chi connectivity index (χ2n) is 3.20. The van der Waals surface area contributed by atoms with E-state index in [2.05, 4.69) is 0 Å². The number of hydrogen-bond acceptors (Lipinski definition) is 4. The number of rotatable bonds is 4. The van der Waals surface area contributed by atoms with Crippen molar-refractivity contribution in [3.05, 3.63) is 47.5 Å². The highest BCUT2D eigenvalue weighted by atomic mass is 16.4. The van der Waals surface area contributed by atoms with Gasteiger partial charge in [0.2, 0.25) is 0 Å². The van der Waals surface area contributed by atoms with Gasteiger partial charge >= 0.3 is 23.9 Å². The van der Waals surface area contributed by atoms with Gasteiger partial charge in [-0.3, -0.25) is 0 Å². The summed E-state index contributed by atoms with van der Waals surface area (Å²) in [6, 6.07) is 5.02. The van der Waals surface area contributed by atoms with E-state index >= 15 is 0 Å². The van der Waals surface area contributed by atoms with Gasteiger partial charge in [-0.05, 0) is 24.3 Å². The monoisotopic (exact) mass is 282 g/mol. The molecule has 0 saturated heterocycles. The van der Waals surface area contributed by atoms with Crippen LogP contribution in [0.15, 0.2) is 36.4 Å². The fourth-order valence-corrected chi connectivity index (χ4v) is 0.898. The molecule has 0 aliphatic carbocycles. The Morgan fingerprint density at radius 1 is 0.650 bits per heavy atom. The van der Waals surface area contributed by atoms with Gasteiger partial charge in [0.1, 0.15) is 0 Å². The third-order valence-electron chi connectivity index (χ3n) is 1.75. The fourth-order valence-electron chi connectivity index (χ4n) is 0.898. The van der Waals surface area contributed by atoms with Crippen molar-refractivity contribution in [2.75, 3.05) is 0 Å². The summed E-state index contributed by atoms with van der Waals surface area (Å²) in [7, 11) is 0. The highest BCUT2D eigenvalue weighted by Crippen LogP contribution is 2.03. The van der Waals surface area contributed by atoms with Crippen LogP contribution in [0.3, 0.4) is 0 Å². The maximum Gasteiger partial charge on any atom is 0.335 e. The number of aromatic carboxylic acids is 2. The third kappa shape index (κ3) is 7.22. The minimum atomic E-state index is -1.26. The first-order chi connectivity index (χ1) is 9.23. The number of aliphatic carboxylic acids is 2. The van der Waals surface area contributed by atoms with Gasteiger partial charge in [-0.1, -0.05) is 0 Å². The van der Waals surface area contributed by atoms with Crippen LogP contribution in [0.25, 0.3) is 0 Å². The number of hydrogen-bond donors (Lipinski definition) is 4. The molecule has 0 aliphatic heterocycles. The second-order valence-corrected chi connectivity index (χ2v) is 3.20. The molecule has 0 aliphatic rings. The molecular formula is C12H10O8. The average Bonchev–Trinajstić information content (AvgIpc) is 2.37. The highest BCUT2D eigenvalue weighted by Gasteiger charge is 2.04.